The van der Waals surface area contributed by atoms with E-state index in [-0.39, 0.29) is 5.82 Å². The Kier molecular flexibility index (Phi) is 5.78. The van der Waals surface area contributed by atoms with Crippen LogP contribution in [0.1, 0.15) is 12.5 Å². The number of hydrogen-bond acceptors (Lipinski definition) is 5. The largest absolute Gasteiger partial charge is 0.493 e. The van der Waals surface area contributed by atoms with Gasteiger partial charge in [-0.15, -0.1) is 10.2 Å². The Balaban J connectivity index is 1.88. The third-order valence-corrected chi connectivity index (χ3v) is 5.00. The van der Waals surface area contributed by atoms with E-state index >= 15 is 0 Å². The molecule has 0 aliphatic carbocycles. The van der Waals surface area contributed by atoms with Gasteiger partial charge in [0.15, 0.2) is 22.5 Å². The van der Waals surface area contributed by atoms with Gasteiger partial charge in [0.25, 0.3) is 0 Å². The molecule has 136 valence electrons. The van der Waals surface area contributed by atoms with Crippen molar-refractivity contribution in [2.24, 2.45) is 0 Å². The molecule has 0 amide bonds. The zero-order valence-corrected chi connectivity index (χ0v) is 15.7. The van der Waals surface area contributed by atoms with E-state index < -0.39 is 0 Å². The second-order valence-corrected chi connectivity index (χ2v) is 6.44. The smallest absolute Gasteiger partial charge is 0.191 e. The maximum absolute atomic E-state index is 13.8. The molecule has 0 saturated heterocycles. The summed E-state index contributed by atoms with van der Waals surface area (Å²) in [7, 11) is 3.20. The molecule has 0 bridgehead atoms. The van der Waals surface area contributed by atoms with E-state index in [0.29, 0.717) is 29.4 Å². The molecule has 0 aliphatic heterocycles. The topological polar surface area (TPSA) is 49.2 Å². The van der Waals surface area contributed by atoms with Crippen LogP contribution in [0, 0.1) is 5.82 Å². The number of halogens is 1. The standard InChI is InChI=1S/C19H20FN3O2S/c1-4-23-18(13-9-10-16(24-2)17(11-13)25-3)21-22-19(23)26-12-14-7-5-6-8-15(14)20/h5-11H,4,12H2,1-3H3. The van der Waals surface area contributed by atoms with E-state index in [0.717, 1.165) is 16.5 Å². The molecule has 2 aromatic carbocycles. The van der Waals surface area contributed by atoms with E-state index in [1.807, 2.05) is 35.8 Å². The van der Waals surface area contributed by atoms with E-state index in [1.165, 1.54) is 17.8 Å². The highest BCUT2D eigenvalue weighted by atomic mass is 32.2. The number of aromatic nitrogens is 3. The molecule has 0 radical (unpaired) electrons. The van der Waals surface area contributed by atoms with Crippen LogP contribution < -0.4 is 9.47 Å². The van der Waals surface area contributed by atoms with Crippen molar-refractivity contribution in [3.8, 4) is 22.9 Å². The van der Waals surface area contributed by atoms with Gasteiger partial charge >= 0.3 is 0 Å². The Labute approximate surface area is 156 Å². The van der Waals surface area contributed by atoms with Crippen molar-refractivity contribution in [1.82, 2.24) is 14.8 Å². The van der Waals surface area contributed by atoms with Crippen molar-refractivity contribution >= 4 is 11.8 Å². The van der Waals surface area contributed by atoms with E-state index in [4.69, 9.17) is 9.47 Å². The van der Waals surface area contributed by atoms with Crippen LogP contribution in [0.25, 0.3) is 11.4 Å². The normalized spacial score (nSPS) is 10.8. The monoisotopic (exact) mass is 373 g/mol. The van der Waals surface area contributed by atoms with E-state index in [9.17, 15) is 4.39 Å². The van der Waals surface area contributed by atoms with Crippen molar-refractivity contribution in [3.63, 3.8) is 0 Å². The lowest BCUT2D eigenvalue weighted by atomic mass is 10.2. The Morgan fingerprint density at radius 2 is 1.81 bits per heavy atom. The third kappa shape index (κ3) is 3.67. The average molecular weight is 373 g/mol. The molecule has 0 N–H and O–H groups in total. The van der Waals surface area contributed by atoms with Crippen LogP contribution in [0.4, 0.5) is 4.39 Å². The number of hydrogen-bond donors (Lipinski definition) is 0. The van der Waals surface area contributed by atoms with Crippen LogP contribution in [0.3, 0.4) is 0 Å². The Hall–Kier alpha value is -2.54. The number of benzene rings is 2. The summed E-state index contributed by atoms with van der Waals surface area (Å²) >= 11 is 1.47. The fraction of sp³-hybridized carbons (Fsp3) is 0.263. The summed E-state index contributed by atoms with van der Waals surface area (Å²) in [6.45, 7) is 2.73. The molecule has 7 heteroatoms. The van der Waals surface area contributed by atoms with Gasteiger partial charge in [0.2, 0.25) is 0 Å². The van der Waals surface area contributed by atoms with Gasteiger partial charge in [-0.2, -0.15) is 0 Å². The summed E-state index contributed by atoms with van der Waals surface area (Å²) in [5.74, 6) is 2.33. The molecular weight excluding hydrogens is 353 g/mol. The molecule has 0 atom stereocenters. The van der Waals surface area contributed by atoms with Gasteiger partial charge in [0.05, 0.1) is 14.2 Å². The first kappa shape index (κ1) is 18.3. The fourth-order valence-corrected chi connectivity index (χ4v) is 3.62. The first-order valence-corrected chi connectivity index (χ1v) is 9.18. The predicted molar refractivity (Wildman–Crippen MR) is 100 cm³/mol. The number of ether oxygens (including phenoxy) is 2. The molecule has 5 nitrogen and oxygen atoms in total. The Morgan fingerprint density at radius 1 is 1.04 bits per heavy atom. The summed E-state index contributed by atoms with van der Waals surface area (Å²) in [5, 5.41) is 9.36. The maximum atomic E-state index is 13.8. The second-order valence-electron chi connectivity index (χ2n) is 5.50. The van der Waals surface area contributed by atoms with Crippen LogP contribution >= 0.6 is 11.8 Å². The van der Waals surface area contributed by atoms with Gasteiger partial charge in [-0.3, -0.25) is 0 Å². The van der Waals surface area contributed by atoms with Crippen LogP contribution in [0.5, 0.6) is 11.5 Å². The molecule has 1 heterocycles. The highest BCUT2D eigenvalue weighted by molar-refractivity contribution is 7.98. The van der Waals surface area contributed by atoms with Crippen LogP contribution in [0.2, 0.25) is 0 Å². The Bertz CT molecular complexity index is 898. The van der Waals surface area contributed by atoms with E-state index in [1.54, 1.807) is 26.4 Å². The average Bonchev–Trinajstić information content (AvgIpc) is 3.09. The van der Waals surface area contributed by atoms with Gasteiger partial charge in [0, 0.05) is 17.9 Å². The predicted octanol–water partition coefficient (Wildman–Crippen LogP) is 4.41. The summed E-state index contributed by atoms with van der Waals surface area (Å²) < 4.78 is 26.5. The third-order valence-electron chi connectivity index (χ3n) is 3.99. The van der Waals surface area contributed by atoms with Gasteiger partial charge in [-0.25, -0.2) is 4.39 Å². The summed E-state index contributed by atoms with van der Waals surface area (Å²) in [6, 6.07) is 12.4. The van der Waals surface area contributed by atoms with Gasteiger partial charge in [-0.05, 0) is 36.8 Å². The number of methoxy groups -OCH3 is 2. The summed E-state index contributed by atoms with van der Waals surface area (Å²) in [5.41, 5.74) is 1.53. The van der Waals surface area contributed by atoms with E-state index in [2.05, 4.69) is 10.2 Å². The fourth-order valence-electron chi connectivity index (χ4n) is 2.63. The minimum atomic E-state index is -0.206. The zero-order valence-electron chi connectivity index (χ0n) is 14.9. The number of nitrogens with zero attached hydrogens (tertiary/aromatic N) is 3. The van der Waals surface area contributed by atoms with Gasteiger partial charge in [0.1, 0.15) is 5.82 Å². The minimum Gasteiger partial charge on any atom is -0.493 e. The van der Waals surface area contributed by atoms with Crippen molar-refractivity contribution in [3.05, 3.63) is 53.8 Å². The lowest BCUT2D eigenvalue weighted by molar-refractivity contribution is 0.355. The molecular formula is C19H20FN3O2S. The molecule has 26 heavy (non-hydrogen) atoms. The molecule has 0 saturated carbocycles. The molecule has 0 aliphatic rings. The lowest BCUT2D eigenvalue weighted by Gasteiger charge is -2.11. The first-order valence-electron chi connectivity index (χ1n) is 8.19. The first-order chi connectivity index (χ1) is 12.7. The van der Waals surface area contributed by atoms with Crippen molar-refractivity contribution < 1.29 is 13.9 Å². The van der Waals surface area contributed by atoms with Crippen molar-refractivity contribution in [2.75, 3.05) is 14.2 Å². The summed E-state index contributed by atoms with van der Waals surface area (Å²) in [6.07, 6.45) is 0. The number of thioether (sulfide) groups is 1. The number of rotatable bonds is 7. The quantitative estimate of drug-likeness (QED) is 0.574. The molecule has 3 rings (SSSR count). The lowest BCUT2D eigenvalue weighted by Crippen LogP contribution is -2.00. The minimum absolute atomic E-state index is 0.206. The second kappa shape index (κ2) is 8.23. The van der Waals surface area contributed by atoms with Gasteiger partial charge < -0.3 is 14.0 Å². The van der Waals surface area contributed by atoms with Crippen molar-refractivity contribution in [2.45, 2.75) is 24.4 Å². The van der Waals surface area contributed by atoms with Crippen LogP contribution in [0.15, 0.2) is 47.6 Å². The SMILES string of the molecule is CCn1c(SCc2ccccc2F)nnc1-c1ccc(OC)c(OC)c1. The summed E-state index contributed by atoms with van der Waals surface area (Å²) in [4.78, 5) is 0. The van der Waals surface area contributed by atoms with Crippen LogP contribution in [-0.4, -0.2) is 29.0 Å². The maximum Gasteiger partial charge on any atom is 0.191 e. The highest BCUT2D eigenvalue weighted by Gasteiger charge is 2.16. The molecule has 0 fully saturated rings. The van der Waals surface area contributed by atoms with Gasteiger partial charge in [-0.1, -0.05) is 30.0 Å². The highest BCUT2D eigenvalue weighted by Crippen LogP contribution is 2.33. The zero-order chi connectivity index (χ0) is 18.5. The Morgan fingerprint density at radius 3 is 2.50 bits per heavy atom. The molecule has 0 spiro atoms. The van der Waals surface area contributed by atoms with Crippen LogP contribution in [-0.2, 0) is 12.3 Å². The molecule has 0 unspecified atom stereocenters. The molecule has 3 aromatic rings. The van der Waals surface area contributed by atoms with Crippen molar-refractivity contribution in [1.29, 1.82) is 0 Å². The molecule has 1 aromatic heterocycles.